The average molecular weight is 416 g/mol. The molecule has 1 aromatic carbocycles. The second-order valence-electron chi connectivity index (χ2n) is 5.88. The number of ether oxygens (including phenoxy) is 2. The molecule has 1 unspecified atom stereocenters. The van der Waals surface area contributed by atoms with Gasteiger partial charge >= 0.3 is 0 Å². The Hall–Kier alpha value is -1.28. The van der Waals surface area contributed by atoms with Crippen molar-refractivity contribution >= 4 is 28.3 Å². The number of fused-ring (bicyclic) bond motifs is 1. The van der Waals surface area contributed by atoms with Gasteiger partial charge in [0.25, 0.3) is 0 Å². The van der Waals surface area contributed by atoms with E-state index in [9.17, 15) is 0 Å². The molecule has 6 nitrogen and oxygen atoms in total. The summed E-state index contributed by atoms with van der Waals surface area (Å²) in [6, 6.07) is 4.33. The number of halogens is 2. The summed E-state index contributed by atoms with van der Waals surface area (Å²) in [5, 5.41) is 3.47. The fourth-order valence-corrected chi connectivity index (χ4v) is 3.64. The topological polar surface area (TPSA) is 51.6 Å². The molecule has 0 bridgehead atoms. The SMILES string of the molecule is Cl.Cn1ccnc1C1CNCCN1Cc1cc2c(cc1Br)OCO2. The van der Waals surface area contributed by atoms with Crippen LogP contribution in [0.3, 0.4) is 0 Å². The van der Waals surface area contributed by atoms with E-state index < -0.39 is 0 Å². The minimum atomic E-state index is 0. The Morgan fingerprint density at radius 1 is 1.33 bits per heavy atom. The number of hydrogen-bond acceptors (Lipinski definition) is 5. The number of piperazine rings is 1. The number of nitrogens with one attached hydrogen (secondary N) is 1. The molecule has 0 amide bonds. The van der Waals surface area contributed by atoms with E-state index in [0.717, 1.165) is 48.0 Å². The van der Waals surface area contributed by atoms with E-state index in [4.69, 9.17) is 9.47 Å². The number of imidazole rings is 1. The Morgan fingerprint density at radius 3 is 2.88 bits per heavy atom. The van der Waals surface area contributed by atoms with Crippen LogP contribution in [0.2, 0.25) is 0 Å². The predicted octanol–water partition coefficient (Wildman–Crippen LogP) is 2.48. The van der Waals surface area contributed by atoms with Crippen molar-refractivity contribution in [1.82, 2.24) is 19.8 Å². The minimum Gasteiger partial charge on any atom is -0.454 e. The molecule has 2 aromatic rings. The van der Waals surface area contributed by atoms with Gasteiger partial charge in [0.15, 0.2) is 11.5 Å². The first-order valence-corrected chi connectivity index (χ1v) is 8.51. The maximum Gasteiger partial charge on any atom is 0.231 e. The molecule has 0 aliphatic carbocycles. The Kier molecular flexibility index (Phi) is 5.34. The summed E-state index contributed by atoms with van der Waals surface area (Å²) < 4.78 is 14.1. The van der Waals surface area contributed by atoms with Gasteiger partial charge < -0.3 is 19.4 Å². The predicted molar refractivity (Wildman–Crippen MR) is 96.7 cm³/mol. The molecule has 1 saturated heterocycles. The van der Waals surface area contributed by atoms with Gasteiger partial charge in [-0.15, -0.1) is 12.4 Å². The van der Waals surface area contributed by atoms with Crippen LogP contribution in [0, 0.1) is 0 Å². The smallest absolute Gasteiger partial charge is 0.231 e. The molecule has 0 radical (unpaired) electrons. The third-order valence-corrected chi connectivity index (χ3v) is 5.16. The molecule has 1 N–H and O–H groups in total. The van der Waals surface area contributed by atoms with Gasteiger partial charge in [-0.2, -0.15) is 0 Å². The van der Waals surface area contributed by atoms with Crippen LogP contribution in [0.5, 0.6) is 11.5 Å². The molecule has 1 aromatic heterocycles. The van der Waals surface area contributed by atoms with Crippen LogP contribution in [-0.4, -0.2) is 40.9 Å². The van der Waals surface area contributed by atoms with Crippen LogP contribution in [0.1, 0.15) is 17.4 Å². The summed E-state index contributed by atoms with van der Waals surface area (Å²) in [7, 11) is 2.05. The van der Waals surface area contributed by atoms with Crippen LogP contribution in [0.25, 0.3) is 0 Å². The summed E-state index contributed by atoms with van der Waals surface area (Å²) in [6.45, 7) is 4.03. The largest absolute Gasteiger partial charge is 0.454 e. The number of hydrogen-bond donors (Lipinski definition) is 1. The maximum atomic E-state index is 5.51. The quantitative estimate of drug-likeness (QED) is 0.835. The van der Waals surface area contributed by atoms with E-state index in [1.54, 1.807) is 0 Å². The van der Waals surface area contributed by atoms with Gasteiger partial charge in [0, 0.05) is 50.1 Å². The van der Waals surface area contributed by atoms with Crippen molar-refractivity contribution in [2.45, 2.75) is 12.6 Å². The van der Waals surface area contributed by atoms with E-state index in [2.05, 4.69) is 41.8 Å². The third-order valence-electron chi connectivity index (χ3n) is 4.43. The molecular formula is C16H20BrClN4O2. The number of nitrogens with zero attached hydrogens (tertiary/aromatic N) is 3. The van der Waals surface area contributed by atoms with Crippen molar-refractivity contribution in [2.24, 2.45) is 7.05 Å². The third kappa shape index (κ3) is 3.26. The highest BCUT2D eigenvalue weighted by atomic mass is 79.9. The first kappa shape index (κ1) is 17.5. The maximum absolute atomic E-state index is 5.51. The lowest BCUT2D eigenvalue weighted by Gasteiger charge is -2.36. The first-order chi connectivity index (χ1) is 11.2. The second kappa shape index (κ2) is 7.31. The van der Waals surface area contributed by atoms with E-state index in [0.29, 0.717) is 6.79 Å². The summed E-state index contributed by atoms with van der Waals surface area (Å²) >= 11 is 3.66. The Balaban J connectivity index is 0.00000169. The fourth-order valence-electron chi connectivity index (χ4n) is 3.19. The van der Waals surface area contributed by atoms with Gasteiger partial charge in [0.05, 0.1) is 6.04 Å². The molecule has 0 saturated carbocycles. The van der Waals surface area contributed by atoms with Crippen LogP contribution < -0.4 is 14.8 Å². The number of aromatic nitrogens is 2. The standard InChI is InChI=1S/C16H19BrN4O2.ClH/c1-20-4-3-19-16(20)13-8-18-2-5-21(13)9-11-6-14-15(7-12(11)17)23-10-22-14;/h3-4,6-7,13,18H,2,5,8-10H2,1H3;1H. The Morgan fingerprint density at radius 2 is 2.12 bits per heavy atom. The van der Waals surface area contributed by atoms with Gasteiger partial charge in [0.1, 0.15) is 5.82 Å². The average Bonchev–Trinajstić information content (AvgIpc) is 3.17. The molecule has 2 aliphatic rings. The molecular weight excluding hydrogens is 396 g/mol. The monoisotopic (exact) mass is 414 g/mol. The lowest BCUT2D eigenvalue weighted by atomic mass is 10.1. The fraction of sp³-hybridized carbons (Fsp3) is 0.438. The van der Waals surface area contributed by atoms with Gasteiger partial charge in [-0.05, 0) is 17.7 Å². The first-order valence-electron chi connectivity index (χ1n) is 7.72. The summed E-state index contributed by atoms with van der Waals surface area (Å²) in [5.74, 6) is 2.72. The molecule has 2 aliphatic heterocycles. The van der Waals surface area contributed by atoms with E-state index in [-0.39, 0.29) is 18.4 Å². The molecule has 0 spiro atoms. The Bertz CT molecular complexity index is 724. The van der Waals surface area contributed by atoms with E-state index in [1.807, 2.05) is 25.5 Å². The highest BCUT2D eigenvalue weighted by molar-refractivity contribution is 9.10. The van der Waals surface area contributed by atoms with Crippen molar-refractivity contribution in [3.63, 3.8) is 0 Å². The van der Waals surface area contributed by atoms with Gasteiger partial charge in [-0.1, -0.05) is 15.9 Å². The van der Waals surface area contributed by atoms with Crippen molar-refractivity contribution in [1.29, 1.82) is 0 Å². The summed E-state index contributed by atoms with van der Waals surface area (Å²) in [6.07, 6.45) is 3.86. The van der Waals surface area contributed by atoms with Crippen LogP contribution in [-0.2, 0) is 13.6 Å². The zero-order valence-corrected chi connectivity index (χ0v) is 15.8. The van der Waals surface area contributed by atoms with E-state index >= 15 is 0 Å². The van der Waals surface area contributed by atoms with Gasteiger partial charge in [-0.25, -0.2) is 4.98 Å². The molecule has 4 rings (SSSR count). The van der Waals surface area contributed by atoms with Crippen molar-refractivity contribution in [3.05, 3.63) is 40.4 Å². The number of benzene rings is 1. The van der Waals surface area contributed by atoms with Crippen molar-refractivity contribution < 1.29 is 9.47 Å². The second-order valence-corrected chi connectivity index (χ2v) is 6.74. The molecule has 3 heterocycles. The number of aryl methyl sites for hydroxylation is 1. The van der Waals surface area contributed by atoms with Gasteiger partial charge in [-0.3, -0.25) is 4.90 Å². The summed E-state index contributed by atoms with van der Waals surface area (Å²) in [4.78, 5) is 7.00. The zero-order valence-electron chi connectivity index (χ0n) is 13.4. The molecule has 24 heavy (non-hydrogen) atoms. The normalized spacial score (nSPS) is 20.0. The zero-order chi connectivity index (χ0) is 15.8. The van der Waals surface area contributed by atoms with Crippen molar-refractivity contribution in [3.8, 4) is 11.5 Å². The highest BCUT2D eigenvalue weighted by Gasteiger charge is 2.28. The number of rotatable bonds is 3. The lowest BCUT2D eigenvalue weighted by molar-refractivity contribution is 0.144. The molecule has 130 valence electrons. The van der Waals surface area contributed by atoms with Crippen LogP contribution in [0.15, 0.2) is 29.0 Å². The van der Waals surface area contributed by atoms with Crippen LogP contribution in [0.4, 0.5) is 0 Å². The van der Waals surface area contributed by atoms with E-state index in [1.165, 1.54) is 5.56 Å². The molecule has 8 heteroatoms. The minimum absolute atomic E-state index is 0. The Labute approximate surface area is 155 Å². The summed E-state index contributed by atoms with van der Waals surface area (Å²) in [5.41, 5.74) is 1.20. The van der Waals surface area contributed by atoms with Crippen molar-refractivity contribution in [2.75, 3.05) is 26.4 Å². The van der Waals surface area contributed by atoms with Gasteiger partial charge in [0.2, 0.25) is 6.79 Å². The van der Waals surface area contributed by atoms with Crippen LogP contribution >= 0.6 is 28.3 Å². The molecule has 1 fully saturated rings. The lowest BCUT2D eigenvalue weighted by Crippen LogP contribution is -2.46. The highest BCUT2D eigenvalue weighted by Crippen LogP contribution is 2.38. The molecule has 1 atom stereocenters.